The quantitative estimate of drug-likeness (QED) is 0.610. The van der Waals surface area contributed by atoms with E-state index < -0.39 is 4.92 Å². The van der Waals surface area contributed by atoms with Crippen molar-refractivity contribution in [2.24, 2.45) is 5.41 Å². The smallest absolute Gasteiger partial charge is 0.276 e. The van der Waals surface area contributed by atoms with Gasteiger partial charge in [-0.15, -0.1) is 0 Å². The lowest BCUT2D eigenvalue weighted by Gasteiger charge is -2.19. The van der Waals surface area contributed by atoms with Crippen LogP contribution in [0.4, 0.5) is 17.3 Å². The Morgan fingerprint density at radius 2 is 1.84 bits per heavy atom. The van der Waals surface area contributed by atoms with Crippen molar-refractivity contribution in [3.63, 3.8) is 0 Å². The molecule has 106 valence electrons. The summed E-state index contributed by atoms with van der Waals surface area (Å²) in [6.07, 6.45) is 0.940. The van der Waals surface area contributed by atoms with Crippen LogP contribution in [0.5, 0.6) is 0 Å². The lowest BCUT2D eigenvalue weighted by atomic mass is 9.97. The second-order valence-electron chi connectivity index (χ2n) is 5.69. The van der Waals surface area contributed by atoms with Gasteiger partial charge in [-0.2, -0.15) is 0 Å². The summed E-state index contributed by atoms with van der Waals surface area (Å²) in [5.41, 5.74) is 0.133. The molecule has 1 heterocycles. The fourth-order valence-corrected chi connectivity index (χ4v) is 1.41. The molecule has 19 heavy (non-hydrogen) atoms. The minimum Gasteiger partial charge on any atom is -0.370 e. The summed E-state index contributed by atoms with van der Waals surface area (Å²) in [4.78, 5) is 14.8. The number of nitro groups is 1. The highest BCUT2D eigenvalue weighted by molar-refractivity contribution is 5.54. The first-order chi connectivity index (χ1) is 8.81. The Morgan fingerprint density at radius 3 is 2.32 bits per heavy atom. The summed E-state index contributed by atoms with van der Waals surface area (Å²) >= 11 is 0. The van der Waals surface area contributed by atoms with Gasteiger partial charge in [0.05, 0.1) is 17.1 Å². The number of rotatable bonds is 6. The van der Waals surface area contributed by atoms with Crippen molar-refractivity contribution in [2.75, 3.05) is 23.7 Å². The number of hydrogen-bond donors (Lipinski definition) is 2. The van der Waals surface area contributed by atoms with E-state index in [1.54, 1.807) is 0 Å². The molecule has 1 rings (SSSR count). The van der Waals surface area contributed by atoms with Gasteiger partial charge in [0, 0.05) is 13.1 Å². The second-order valence-corrected chi connectivity index (χ2v) is 5.69. The van der Waals surface area contributed by atoms with E-state index in [0.29, 0.717) is 18.2 Å². The average molecular weight is 266 g/mol. The molecule has 0 unspecified atom stereocenters. The monoisotopic (exact) mass is 266 g/mol. The van der Waals surface area contributed by atoms with E-state index in [1.807, 2.05) is 6.92 Å². The number of aromatic nitrogens is 1. The maximum atomic E-state index is 10.9. The van der Waals surface area contributed by atoms with Crippen LogP contribution in [0.3, 0.4) is 0 Å². The molecule has 6 nitrogen and oxygen atoms in total. The summed E-state index contributed by atoms with van der Waals surface area (Å²) < 4.78 is 0. The van der Waals surface area contributed by atoms with E-state index >= 15 is 0 Å². The van der Waals surface area contributed by atoms with Gasteiger partial charge in [0.1, 0.15) is 11.6 Å². The van der Waals surface area contributed by atoms with Crippen LogP contribution in [-0.2, 0) is 0 Å². The van der Waals surface area contributed by atoms with Crippen molar-refractivity contribution >= 4 is 17.3 Å². The average Bonchev–Trinajstić information content (AvgIpc) is 2.32. The highest BCUT2D eigenvalue weighted by Crippen LogP contribution is 2.22. The molecule has 0 aliphatic rings. The zero-order chi connectivity index (χ0) is 14.5. The lowest BCUT2D eigenvalue weighted by molar-refractivity contribution is -0.384. The van der Waals surface area contributed by atoms with Gasteiger partial charge >= 0.3 is 0 Å². The summed E-state index contributed by atoms with van der Waals surface area (Å²) in [7, 11) is 0. The van der Waals surface area contributed by atoms with Crippen molar-refractivity contribution < 1.29 is 4.92 Å². The lowest BCUT2D eigenvalue weighted by Crippen LogP contribution is -2.20. The van der Waals surface area contributed by atoms with Crippen molar-refractivity contribution in [2.45, 2.75) is 34.1 Å². The minimum absolute atomic E-state index is 0.0463. The topological polar surface area (TPSA) is 80.1 Å². The van der Waals surface area contributed by atoms with Crippen molar-refractivity contribution in [1.29, 1.82) is 0 Å². The third kappa shape index (κ3) is 5.54. The zero-order valence-corrected chi connectivity index (χ0v) is 12.0. The van der Waals surface area contributed by atoms with Crippen molar-refractivity contribution in [1.82, 2.24) is 4.98 Å². The molecule has 0 aliphatic carbocycles. The number of hydrogen-bond acceptors (Lipinski definition) is 5. The third-order valence-corrected chi connectivity index (χ3v) is 2.38. The van der Waals surface area contributed by atoms with Gasteiger partial charge < -0.3 is 10.6 Å². The van der Waals surface area contributed by atoms with E-state index in [2.05, 4.69) is 36.4 Å². The van der Waals surface area contributed by atoms with E-state index in [9.17, 15) is 10.1 Å². The van der Waals surface area contributed by atoms with Crippen molar-refractivity contribution in [3.8, 4) is 0 Å². The molecule has 0 atom stereocenters. The number of anilines is 2. The Bertz CT molecular complexity index is 441. The summed E-state index contributed by atoms with van der Waals surface area (Å²) in [5.74, 6) is 1.06. The molecule has 0 spiro atoms. The standard InChI is InChI=1S/C13H22N4O2/c1-5-6-14-11-7-10(17(18)19)8-12(16-11)15-9-13(2,3)4/h7-8H,5-6,9H2,1-4H3,(H2,14,15,16). The fraction of sp³-hybridized carbons (Fsp3) is 0.615. The molecule has 0 fully saturated rings. The Kier molecular flexibility index (Phi) is 5.09. The molecule has 1 aromatic rings. The Morgan fingerprint density at radius 1 is 1.26 bits per heavy atom. The molecule has 0 saturated heterocycles. The molecule has 0 saturated carbocycles. The molecule has 0 amide bonds. The molecule has 6 heteroatoms. The summed E-state index contributed by atoms with van der Waals surface area (Å²) in [6.45, 7) is 9.75. The zero-order valence-electron chi connectivity index (χ0n) is 12.0. The largest absolute Gasteiger partial charge is 0.370 e. The molecule has 0 aliphatic heterocycles. The molecular formula is C13H22N4O2. The van der Waals surface area contributed by atoms with Crippen LogP contribution in [0, 0.1) is 15.5 Å². The molecule has 1 aromatic heterocycles. The van der Waals surface area contributed by atoms with E-state index in [4.69, 9.17) is 0 Å². The molecule has 0 bridgehead atoms. The molecular weight excluding hydrogens is 244 g/mol. The van der Waals surface area contributed by atoms with Gasteiger partial charge in [-0.3, -0.25) is 10.1 Å². The van der Waals surface area contributed by atoms with Crippen LogP contribution in [0.25, 0.3) is 0 Å². The Balaban J connectivity index is 2.89. The van der Waals surface area contributed by atoms with Gasteiger partial charge in [0.25, 0.3) is 5.69 Å². The highest BCUT2D eigenvalue weighted by atomic mass is 16.6. The first-order valence-electron chi connectivity index (χ1n) is 6.46. The summed E-state index contributed by atoms with van der Waals surface area (Å²) in [6, 6.07) is 2.92. The van der Waals surface area contributed by atoms with E-state index in [0.717, 1.165) is 13.0 Å². The number of nitrogens with zero attached hydrogens (tertiary/aromatic N) is 2. The van der Waals surface area contributed by atoms with Gasteiger partial charge in [0.15, 0.2) is 0 Å². The number of nitrogens with one attached hydrogen (secondary N) is 2. The molecule has 0 radical (unpaired) electrons. The highest BCUT2D eigenvalue weighted by Gasteiger charge is 2.14. The maximum Gasteiger partial charge on any atom is 0.276 e. The van der Waals surface area contributed by atoms with Crippen LogP contribution in [0.15, 0.2) is 12.1 Å². The van der Waals surface area contributed by atoms with Gasteiger partial charge in [-0.05, 0) is 11.8 Å². The SMILES string of the molecule is CCCNc1cc([N+](=O)[O-])cc(NCC(C)(C)C)n1. The first-order valence-corrected chi connectivity index (χ1v) is 6.46. The fourth-order valence-electron chi connectivity index (χ4n) is 1.41. The van der Waals surface area contributed by atoms with Gasteiger partial charge in [-0.1, -0.05) is 27.7 Å². The predicted molar refractivity (Wildman–Crippen MR) is 77.6 cm³/mol. The predicted octanol–water partition coefficient (Wildman–Crippen LogP) is 3.27. The summed E-state index contributed by atoms with van der Waals surface area (Å²) in [5, 5.41) is 17.1. The maximum absolute atomic E-state index is 10.9. The van der Waals surface area contributed by atoms with E-state index in [1.165, 1.54) is 12.1 Å². The third-order valence-electron chi connectivity index (χ3n) is 2.38. The molecule has 2 N–H and O–H groups in total. The van der Waals surface area contributed by atoms with Crippen LogP contribution < -0.4 is 10.6 Å². The Labute approximate surface area is 113 Å². The Hall–Kier alpha value is -1.85. The van der Waals surface area contributed by atoms with Gasteiger partial charge in [0.2, 0.25) is 0 Å². The second kappa shape index (κ2) is 6.36. The van der Waals surface area contributed by atoms with Crippen LogP contribution in [-0.4, -0.2) is 23.0 Å². The molecule has 0 aromatic carbocycles. The van der Waals surface area contributed by atoms with Crippen molar-refractivity contribution in [3.05, 3.63) is 22.2 Å². The number of pyridine rings is 1. The van der Waals surface area contributed by atoms with E-state index in [-0.39, 0.29) is 11.1 Å². The first kappa shape index (κ1) is 15.2. The van der Waals surface area contributed by atoms with Crippen LogP contribution >= 0.6 is 0 Å². The van der Waals surface area contributed by atoms with Crippen LogP contribution in [0.1, 0.15) is 34.1 Å². The van der Waals surface area contributed by atoms with Gasteiger partial charge in [-0.25, -0.2) is 4.98 Å². The minimum atomic E-state index is -0.402. The normalized spacial score (nSPS) is 11.2. The van der Waals surface area contributed by atoms with Crippen LogP contribution in [0.2, 0.25) is 0 Å².